The Hall–Kier alpha value is -4.27. The summed E-state index contributed by atoms with van der Waals surface area (Å²) in [5, 5.41) is 12.6. The number of rotatable bonds is 12. The third kappa shape index (κ3) is 4.77. The summed E-state index contributed by atoms with van der Waals surface area (Å²) in [5.74, 6) is -2.50. The highest BCUT2D eigenvalue weighted by Crippen LogP contribution is 2.65. The maximum absolute atomic E-state index is 15.0. The van der Waals surface area contributed by atoms with Crippen molar-refractivity contribution in [2.45, 2.75) is 62.8 Å². The molecule has 1 N–H and O–H groups in total. The van der Waals surface area contributed by atoms with E-state index in [-0.39, 0.29) is 37.4 Å². The predicted molar refractivity (Wildman–Crippen MR) is 180 cm³/mol. The molecule has 6 atom stereocenters. The molecule has 2 bridgehead atoms. The van der Waals surface area contributed by atoms with Crippen molar-refractivity contribution < 1.29 is 24.2 Å². The predicted octanol–water partition coefficient (Wildman–Crippen LogP) is 5.50. The van der Waals surface area contributed by atoms with Crippen molar-refractivity contribution >= 4 is 39.9 Å². The first kappa shape index (κ1) is 31.7. The Morgan fingerprint density at radius 2 is 1.59 bits per heavy atom. The molecule has 3 saturated heterocycles. The number of amides is 3. The average Bonchev–Trinajstić information content (AvgIpc) is 3.70. The molecule has 3 aliphatic rings. The van der Waals surface area contributed by atoms with E-state index in [1.54, 1.807) is 26.9 Å². The fourth-order valence-corrected chi connectivity index (χ4v) is 8.29. The molecule has 3 heterocycles. The second kappa shape index (κ2) is 12.5. The van der Waals surface area contributed by atoms with Crippen LogP contribution in [0.25, 0.3) is 10.8 Å². The lowest BCUT2D eigenvalue weighted by atomic mass is 9.64. The molecule has 1 spiro atoms. The summed E-state index contributed by atoms with van der Waals surface area (Å²) < 4.78 is 7.04. The van der Waals surface area contributed by atoms with Gasteiger partial charge < -0.3 is 24.5 Å². The first-order valence-electron chi connectivity index (χ1n) is 16.3. The summed E-state index contributed by atoms with van der Waals surface area (Å²) in [5.41, 5.74) is -0.733. The first-order valence-corrected chi connectivity index (χ1v) is 16.3. The minimum absolute atomic E-state index is 0.213. The Labute approximate surface area is 270 Å². The van der Waals surface area contributed by atoms with Gasteiger partial charge in [0, 0.05) is 24.5 Å². The van der Waals surface area contributed by atoms with Crippen LogP contribution in [0.2, 0.25) is 0 Å². The minimum atomic E-state index is -1.22. The number of nitrogens with zero attached hydrogens (tertiary/aromatic N) is 3. The highest BCUT2D eigenvalue weighted by molar-refractivity contribution is 6.07. The zero-order valence-corrected chi connectivity index (χ0v) is 26.7. The Bertz CT molecular complexity index is 1650. The van der Waals surface area contributed by atoms with Crippen molar-refractivity contribution in [2.75, 3.05) is 29.5 Å². The fourth-order valence-electron chi connectivity index (χ4n) is 8.29. The molecular weight excluding hydrogens is 578 g/mol. The monoisotopic (exact) mass is 621 g/mol. The molecule has 3 aliphatic heterocycles. The van der Waals surface area contributed by atoms with Crippen molar-refractivity contribution in [3.05, 3.63) is 98.1 Å². The maximum Gasteiger partial charge on any atom is 0.253 e. The first-order chi connectivity index (χ1) is 22.3. The van der Waals surface area contributed by atoms with Crippen LogP contribution in [0.4, 0.5) is 11.4 Å². The molecule has 3 amide bonds. The van der Waals surface area contributed by atoms with E-state index >= 15 is 4.79 Å². The Kier molecular flexibility index (Phi) is 8.61. The summed E-state index contributed by atoms with van der Waals surface area (Å²) in [4.78, 5) is 49.4. The van der Waals surface area contributed by atoms with Gasteiger partial charge in [0.2, 0.25) is 11.8 Å². The Morgan fingerprint density at radius 3 is 2.22 bits per heavy atom. The lowest BCUT2D eigenvalue weighted by molar-refractivity contribution is -0.149. The number of anilines is 2. The highest BCUT2D eigenvalue weighted by Gasteiger charge is 2.79. The molecule has 0 saturated carbocycles. The van der Waals surface area contributed by atoms with E-state index < -0.39 is 35.1 Å². The van der Waals surface area contributed by atoms with Gasteiger partial charge in [0.1, 0.15) is 11.6 Å². The lowest BCUT2D eigenvalue weighted by Gasteiger charge is -2.39. The zero-order valence-electron chi connectivity index (χ0n) is 26.7. The molecular formula is C38H43N3O5. The number of aliphatic hydroxyl groups excluding tert-OH is 1. The molecule has 3 fully saturated rings. The summed E-state index contributed by atoms with van der Waals surface area (Å²) in [6, 6.07) is 21.5. The van der Waals surface area contributed by atoms with Crippen LogP contribution >= 0.6 is 0 Å². The Morgan fingerprint density at radius 1 is 0.935 bits per heavy atom. The van der Waals surface area contributed by atoms with Crippen LogP contribution in [-0.4, -0.2) is 70.7 Å². The smallest absolute Gasteiger partial charge is 0.253 e. The normalized spacial score (nSPS) is 27.0. The van der Waals surface area contributed by atoms with Crippen LogP contribution in [0.5, 0.6) is 0 Å². The molecule has 0 aromatic heterocycles. The lowest BCUT2D eigenvalue weighted by Crippen LogP contribution is -2.59. The van der Waals surface area contributed by atoms with Crippen LogP contribution in [0.15, 0.2) is 98.1 Å². The molecule has 6 rings (SSSR count). The molecule has 46 heavy (non-hydrogen) atoms. The number of aliphatic hydroxyl groups is 1. The van der Waals surface area contributed by atoms with Crippen LogP contribution in [-0.2, 0) is 19.1 Å². The molecule has 8 nitrogen and oxygen atoms in total. The van der Waals surface area contributed by atoms with Gasteiger partial charge in [-0.15, -0.1) is 13.2 Å². The van der Waals surface area contributed by atoms with Gasteiger partial charge in [-0.2, -0.15) is 0 Å². The van der Waals surface area contributed by atoms with E-state index in [1.165, 1.54) is 0 Å². The van der Waals surface area contributed by atoms with Gasteiger partial charge in [-0.25, -0.2) is 0 Å². The fraction of sp³-hybridized carbons (Fsp3) is 0.395. The van der Waals surface area contributed by atoms with Crippen molar-refractivity contribution in [2.24, 2.45) is 11.8 Å². The van der Waals surface area contributed by atoms with Gasteiger partial charge in [0.25, 0.3) is 5.91 Å². The van der Waals surface area contributed by atoms with Gasteiger partial charge in [0.05, 0.1) is 30.1 Å². The SMILES string of the molecule is C=CCN(C(=O)C1N([C@@H](CC)CO)C(=O)[C@@H]2[C@H](C(=O)N(CC=C)c3ccccc3)[C@]3(CC)CCC12O3)c1ccc2ccccc2c1. The number of carbonyl (C=O) groups is 3. The number of hydrogen-bond acceptors (Lipinski definition) is 5. The summed E-state index contributed by atoms with van der Waals surface area (Å²) >= 11 is 0. The summed E-state index contributed by atoms with van der Waals surface area (Å²) in [7, 11) is 0. The van der Waals surface area contributed by atoms with Gasteiger partial charge in [-0.05, 0) is 60.7 Å². The number of likely N-dealkylation sites (tertiary alicyclic amines) is 1. The molecule has 3 aromatic carbocycles. The van der Waals surface area contributed by atoms with Crippen LogP contribution in [0.1, 0.15) is 39.5 Å². The zero-order chi connectivity index (χ0) is 32.6. The Balaban J connectivity index is 1.48. The van der Waals surface area contributed by atoms with Crippen molar-refractivity contribution in [1.82, 2.24) is 4.90 Å². The van der Waals surface area contributed by atoms with Gasteiger partial charge in [-0.1, -0.05) is 74.5 Å². The molecule has 0 aliphatic carbocycles. The molecule has 8 heteroatoms. The average molecular weight is 622 g/mol. The third-order valence-electron chi connectivity index (χ3n) is 10.5. The van der Waals surface area contributed by atoms with E-state index in [0.717, 1.165) is 10.8 Å². The van der Waals surface area contributed by atoms with Crippen LogP contribution in [0.3, 0.4) is 0 Å². The maximum atomic E-state index is 15.0. The molecule has 3 aromatic rings. The van der Waals surface area contributed by atoms with Crippen molar-refractivity contribution in [3.8, 4) is 0 Å². The van der Waals surface area contributed by atoms with Gasteiger partial charge >= 0.3 is 0 Å². The summed E-state index contributed by atoms with van der Waals surface area (Å²) in [6.45, 7) is 11.9. The minimum Gasteiger partial charge on any atom is -0.394 e. The topological polar surface area (TPSA) is 90.4 Å². The number of fused-ring (bicyclic) bond motifs is 2. The second-order valence-corrected chi connectivity index (χ2v) is 12.7. The number of carbonyl (C=O) groups excluding carboxylic acids is 3. The van der Waals surface area contributed by atoms with Crippen LogP contribution < -0.4 is 9.80 Å². The number of hydrogen-bond donors (Lipinski definition) is 1. The number of ether oxygens (including phenoxy) is 1. The standard InChI is InChI=1S/C38H43N3O5/c1-5-22-39(29-16-10-9-11-17-29)34(43)31-32-35(44)41(28(7-3)25-42)33(38(32)21-20-37(31,8-4)46-38)36(45)40(23-6-2)30-19-18-26-14-12-13-15-27(26)24-30/h5-6,9-19,24,28,31-33,42H,1-2,7-8,20-23,25H2,3-4H3/t28-,31+,32-,33?,37-,38?/m0/s1. The number of benzene rings is 3. The van der Waals surface area contributed by atoms with E-state index in [1.807, 2.05) is 86.6 Å². The van der Waals surface area contributed by atoms with Gasteiger partial charge in [-0.3, -0.25) is 14.4 Å². The van der Waals surface area contributed by atoms with E-state index in [0.29, 0.717) is 37.1 Å². The van der Waals surface area contributed by atoms with Crippen molar-refractivity contribution in [3.63, 3.8) is 0 Å². The van der Waals surface area contributed by atoms with E-state index in [9.17, 15) is 14.7 Å². The van der Waals surface area contributed by atoms with Crippen molar-refractivity contribution in [1.29, 1.82) is 0 Å². The molecule has 2 unspecified atom stereocenters. The third-order valence-corrected chi connectivity index (χ3v) is 10.5. The highest BCUT2D eigenvalue weighted by atomic mass is 16.5. The largest absolute Gasteiger partial charge is 0.394 e. The van der Waals surface area contributed by atoms with Crippen LogP contribution in [0, 0.1) is 11.8 Å². The van der Waals surface area contributed by atoms with Gasteiger partial charge in [0.15, 0.2) is 0 Å². The second-order valence-electron chi connectivity index (χ2n) is 12.7. The molecule has 240 valence electrons. The van der Waals surface area contributed by atoms with E-state index in [2.05, 4.69) is 13.2 Å². The quantitative estimate of drug-likeness (QED) is 0.270. The summed E-state index contributed by atoms with van der Waals surface area (Å²) in [6.07, 6.45) is 5.32. The molecule has 0 radical (unpaired) electrons. The van der Waals surface area contributed by atoms with E-state index in [4.69, 9.17) is 4.74 Å². The number of para-hydroxylation sites is 1.